The zero-order valence-electron chi connectivity index (χ0n) is 11.9. The monoisotopic (exact) mass is 310 g/mol. The van der Waals surface area contributed by atoms with Gasteiger partial charge in [-0.2, -0.15) is 0 Å². The Labute approximate surface area is 128 Å². The normalized spacial score (nSPS) is 16.5. The lowest BCUT2D eigenvalue weighted by Crippen LogP contribution is -2.30. The molecule has 2 amide bonds. The average Bonchev–Trinajstić information content (AvgIpc) is 2.78. The molecule has 0 unspecified atom stereocenters. The third kappa shape index (κ3) is 4.44. The van der Waals surface area contributed by atoms with Gasteiger partial charge in [-0.15, -0.1) is 0 Å². The molecule has 0 radical (unpaired) electrons. The zero-order valence-corrected chi connectivity index (χ0v) is 12.7. The van der Waals surface area contributed by atoms with Gasteiger partial charge in [0.2, 0.25) is 11.8 Å². The number of benzene rings is 1. The number of hydrogen-bond acceptors (Lipinski definition) is 3. The van der Waals surface area contributed by atoms with Crippen molar-refractivity contribution < 1.29 is 14.7 Å². The predicted octanol–water partition coefficient (Wildman–Crippen LogP) is 2.93. The fourth-order valence-corrected chi connectivity index (χ4v) is 2.83. The van der Waals surface area contributed by atoms with Crippen molar-refractivity contribution in [1.29, 1.82) is 0 Å². The van der Waals surface area contributed by atoms with E-state index in [0.29, 0.717) is 29.2 Å². The highest BCUT2D eigenvalue weighted by Gasteiger charge is 2.33. The number of anilines is 2. The molecule has 0 saturated heterocycles. The van der Waals surface area contributed by atoms with Gasteiger partial charge in [0.1, 0.15) is 0 Å². The van der Waals surface area contributed by atoms with E-state index in [0.717, 1.165) is 12.8 Å². The highest BCUT2D eigenvalue weighted by molar-refractivity contribution is 6.34. The van der Waals surface area contributed by atoms with Crippen LogP contribution in [0.3, 0.4) is 0 Å². The van der Waals surface area contributed by atoms with Crippen LogP contribution >= 0.6 is 11.6 Å². The van der Waals surface area contributed by atoms with Crippen LogP contribution in [0.4, 0.5) is 11.4 Å². The van der Waals surface area contributed by atoms with Gasteiger partial charge in [0.05, 0.1) is 22.7 Å². The van der Waals surface area contributed by atoms with Gasteiger partial charge in [0.15, 0.2) is 0 Å². The molecule has 1 aromatic carbocycles. The predicted molar refractivity (Wildman–Crippen MR) is 82.4 cm³/mol. The third-order valence-electron chi connectivity index (χ3n) is 3.59. The summed E-state index contributed by atoms with van der Waals surface area (Å²) < 4.78 is 0. The van der Waals surface area contributed by atoms with Gasteiger partial charge in [-0.3, -0.25) is 9.59 Å². The second kappa shape index (κ2) is 6.45. The standard InChI is InChI=1S/C15H19ClN2O3/c1-10(19)17-11-4-5-13(12(16)8-11)18-14(20)9-15(21)6-2-3-7-15/h4-5,8,21H,2-3,6-7,9H2,1H3,(H,17,19)(H,18,20). The lowest BCUT2D eigenvalue weighted by Gasteiger charge is -2.21. The number of amides is 2. The molecule has 5 nitrogen and oxygen atoms in total. The van der Waals surface area contributed by atoms with Crippen LogP contribution in [0.5, 0.6) is 0 Å². The van der Waals surface area contributed by atoms with E-state index in [-0.39, 0.29) is 18.2 Å². The van der Waals surface area contributed by atoms with Crippen molar-refractivity contribution in [1.82, 2.24) is 0 Å². The maximum atomic E-state index is 12.0. The summed E-state index contributed by atoms with van der Waals surface area (Å²) >= 11 is 6.08. The quantitative estimate of drug-likeness (QED) is 0.800. The fraction of sp³-hybridized carbons (Fsp3) is 0.467. The summed E-state index contributed by atoms with van der Waals surface area (Å²) in [5.74, 6) is -0.445. The molecule has 1 aromatic rings. The molecular weight excluding hydrogens is 292 g/mol. The first-order chi connectivity index (χ1) is 9.88. The van der Waals surface area contributed by atoms with Crippen LogP contribution in [0.2, 0.25) is 5.02 Å². The summed E-state index contributed by atoms with van der Waals surface area (Å²) in [7, 11) is 0. The molecule has 0 aliphatic heterocycles. The molecular formula is C15H19ClN2O3. The van der Waals surface area contributed by atoms with E-state index in [2.05, 4.69) is 10.6 Å². The van der Waals surface area contributed by atoms with Crippen molar-refractivity contribution in [2.75, 3.05) is 10.6 Å². The largest absolute Gasteiger partial charge is 0.389 e. The SMILES string of the molecule is CC(=O)Nc1ccc(NC(=O)CC2(O)CCCC2)c(Cl)c1. The van der Waals surface area contributed by atoms with Gasteiger partial charge in [-0.05, 0) is 31.0 Å². The minimum atomic E-state index is -0.882. The number of rotatable bonds is 4. The molecule has 2 rings (SSSR count). The molecule has 114 valence electrons. The van der Waals surface area contributed by atoms with Crippen LogP contribution in [-0.4, -0.2) is 22.5 Å². The van der Waals surface area contributed by atoms with E-state index >= 15 is 0 Å². The Morgan fingerprint density at radius 1 is 1.29 bits per heavy atom. The van der Waals surface area contributed by atoms with Crippen LogP contribution in [0.15, 0.2) is 18.2 Å². The zero-order chi connectivity index (χ0) is 15.5. The maximum Gasteiger partial charge on any atom is 0.227 e. The molecule has 0 bridgehead atoms. The summed E-state index contributed by atoms with van der Waals surface area (Å²) in [4.78, 5) is 23.0. The van der Waals surface area contributed by atoms with Gasteiger partial charge in [0.25, 0.3) is 0 Å². The Morgan fingerprint density at radius 2 is 1.95 bits per heavy atom. The Balaban J connectivity index is 1.99. The molecule has 1 saturated carbocycles. The molecule has 0 spiro atoms. The first-order valence-corrected chi connectivity index (χ1v) is 7.35. The summed E-state index contributed by atoms with van der Waals surface area (Å²) in [5.41, 5.74) is 0.157. The van der Waals surface area contributed by atoms with Crippen LogP contribution in [0, 0.1) is 0 Å². The van der Waals surface area contributed by atoms with Crippen LogP contribution in [0.25, 0.3) is 0 Å². The van der Waals surface area contributed by atoms with E-state index in [9.17, 15) is 14.7 Å². The van der Waals surface area contributed by atoms with E-state index in [4.69, 9.17) is 11.6 Å². The van der Waals surface area contributed by atoms with Crippen molar-refractivity contribution in [3.8, 4) is 0 Å². The van der Waals surface area contributed by atoms with Crippen molar-refractivity contribution >= 4 is 34.8 Å². The van der Waals surface area contributed by atoms with E-state index in [1.807, 2.05) is 0 Å². The molecule has 1 aliphatic rings. The fourth-order valence-electron chi connectivity index (χ4n) is 2.60. The van der Waals surface area contributed by atoms with Gasteiger partial charge in [0, 0.05) is 12.6 Å². The second-order valence-corrected chi connectivity index (χ2v) is 5.94. The molecule has 21 heavy (non-hydrogen) atoms. The van der Waals surface area contributed by atoms with Crippen molar-refractivity contribution in [3.63, 3.8) is 0 Å². The lowest BCUT2D eigenvalue weighted by atomic mass is 9.97. The second-order valence-electron chi connectivity index (χ2n) is 5.53. The number of carbonyl (C=O) groups excluding carboxylic acids is 2. The number of aliphatic hydroxyl groups is 1. The molecule has 0 aromatic heterocycles. The summed E-state index contributed by atoms with van der Waals surface area (Å²) in [6.07, 6.45) is 3.31. The first-order valence-electron chi connectivity index (χ1n) is 6.97. The Hall–Kier alpha value is -1.59. The molecule has 0 atom stereocenters. The smallest absolute Gasteiger partial charge is 0.227 e. The van der Waals surface area contributed by atoms with Crippen LogP contribution in [-0.2, 0) is 9.59 Å². The molecule has 6 heteroatoms. The van der Waals surface area contributed by atoms with Gasteiger partial charge in [-0.25, -0.2) is 0 Å². The van der Waals surface area contributed by atoms with Crippen molar-refractivity contribution in [2.24, 2.45) is 0 Å². The van der Waals surface area contributed by atoms with Crippen molar-refractivity contribution in [2.45, 2.75) is 44.6 Å². The summed E-state index contributed by atoms with van der Waals surface area (Å²) in [5, 5.41) is 15.9. The number of carbonyl (C=O) groups is 2. The minimum absolute atomic E-state index is 0.0801. The minimum Gasteiger partial charge on any atom is -0.389 e. The van der Waals surface area contributed by atoms with E-state index in [1.165, 1.54) is 6.92 Å². The maximum absolute atomic E-state index is 12.0. The average molecular weight is 311 g/mol. The highest BCUT2D eigenvalue weighted by Crippen LogP contribution is 2.33. The van der Waals surface area contributed by atoms with Gasteiger partial charge >= 0.3 is 0 Å². The topological polar surface area (TPSA) is 78.4 Å². The Bertz CT molecular complexity index is 554. The first kappa shape index (κ1) is 15.8. The molecule has 1 fully saturated rings. The van der Waals surface area contributed by atoms with E-state index in [1.54, 1.807) is 18.2 Å². The van der Waals surface area contributed by atoms with Crippen molar-refractivity contribution in [3.05, 3.63) is 23.2 Å². The molecule has 1 aliphatic carbocycles. The van der Waals surface area contributed by atoms with Crippen LogP contribution in [0.1, 0.15) is 39.0 Å². The summed E-state index contributed by atoms with van der Waals surface area (Å²) in [6.45, 7) is 1.41. The Kier molecular flexibility index (Phi) is 4.85. The van der Waals surface area contributed by atoms with Gasteiger partial charge in [-0.1, -0.05) is 24.4 Å². The third-order valence-corrected chi connectivity index (χ3v) is 3.90. The van der Waals surface area contributed by atoms with E-state index < -0.39 is 5.60 Å². The Morgan fingerprint density at radius 3 is 2.52 bits per heavy atom. The highest BCUT2D eigenvalue weighted by atomic mass is 35.5. The molecule has 3 N–H and O–H groups in total. The van der Waals surface area contributed by atoms with Gasteiger partial charge < -0.3 is 15.7 Å². The number of hydrogen-bond donors (Lipinski definition) is 3. The summed E-state index contributed by atoms with van der Waals surface area (Å²) in [6, 6.07) is 4.86. The number of nitrogens with one attached hydrogen (secondary N) is 2. The van der Waals surface area contributed by atoms with Crippen LogP contribution < -0.4 is 10.6 Å². The molecule has 0 heterocycles. The number of halogens is 1. The lowest BCUT2D eigenvalue weighted by molar-refractivity contribution is -0.120.